The number of hydrogen-bond acceptors (Lipinski definition) is 5. The number of benzene rings is 2. The largest absolute Gasteiger partial charge is 0.369 e. The molecular weight excluding hydrogens is 358 g/mol. The smallest absolute Gasteiger partial charge is 0.255 e. The Morgan fingerprint density at radius 2 is 2.04 bits per heavy atom. The van der Waals surface area contributed by atoms with Crippen LogP contribution in [-0.4, -0.2) is 29.2 Å². The maximum Gasteiger partial charge on any atom is 0.255 e. The predicted molar refractivity (Wildman–Crippen MR) is 100 cm³/mol. The number of rotatable bonds is 5. The van der Waals surface area contributed by atoms with E-state index >= 15 is 0 Å². The van der Waals surface area contributed by atoms with Crippen molar-refractivity contribution in [2.45, 2.75) is 9.79 Å². The highest BCUT2D eigenvalue weighted by Crippen LogP contribution is 2.32. The molecule has 3 amide bonds. The first-order valence-electron chi connectivity index (χ1n) is 7.41. The van der Waals surface area contributed by atoms with Crippen molar-refractivity contribution in [1.82, 2.24) is 0 Å². The number of nitrogens with one attached hydrogen (secondary N) is 2. The summed E-state index contributed by atoms with van der Waals surface area (Å²) in [5.74, 6) is -0.282. The molecule has 0 bridgehead atoms. The summed E-state index contributed by atoms with van der Waals surface area (Å²) in [5.41, 5.74) is 6.87. The van der Waals surface area contributed by atoms with Crippen LogP contribution in [0.4, 0.5) is 11.4 Å². The van der Waals surface area contributed by atoms with Crippen LogP contribution in [-0.2, 0) is 9.59 Å². The molecule has 1 heterocycles. The second-order valence-electron chi connectivity index (χ2n) is 5.25. The summed E-state index contributed by atoms with van der Waals surface area (Å²) in [6, 6.07) is 12.4. The van der Waals surface area contributed by atoms with E-state index in [9.17, 15) is 14.4 Å². The summed E-state index contributed by atoms with van der Waals surface area (Å²) in [6.07, 6.45) is 0. The Morgan fingerprint density at radius 3 is 2.84 bits per heavy atom. The lowest BCUT2D eigenvalue weighted by Gasteiger charge is -2.17. The summed E-state index contributed by atoms with van der Waals surface area (Å²) in [7, 11) is 0. The summed E-state index contributed by atoms with van der Waals surface area (Å²) in [5, 5.41) is 5.61. The Kier molecular flexibility index (Phi) is 5.30. The summed E-state index contributed by atoms with van der Waals surface area (Å²) in [6.45, 7) is 0. The lowest BCUT2D eigenvalue weighted by Crippen LogP contribution is -2.20. The molecule has 0 aliphatic carbocycles. The SMILES string of the molecule is NC(=O)CSc1ccccc1NC(=O)c1ccc2c(c1)NC(=O)CS2. The third-order valence-electron chi connectivity index (χ3n) is 3.38. The number of carbonyl (C=O) groups is 3. The number of anilines is 2. The van der Waals surface area contributed by atoms with Gasteiger partial charge in [0, 0.05) is 15.4 Å². The second-order valence-corrected chi connectivity index (χ2v) is 7.29. The standard InChI is InChI=1S/C17H15N3O3S2/c18-15(21)8-24-13-4-2-1-3-11(13)20-17(23)10-5-6-14-12(7-10)19-16(22)9-25-14/h1-7H,8-9H2,(H2,18,21)(H,19,22)(H,20,23). The van der Waals surface area contributed by atoms with Crippen molar-refractivity contribution in [3.8, 4) is 0 Å². The van der Waals surface area contributed by atoms with Crippen molar-refractivity contribution in [2.24, 2.45) is 5.73 Å². The molecule has 0 aromatic heterocycles. The molecule has 0 saturated carbocycles. The van der Waals surface area contributed by atoms with Crippen LogP contribution in [0, 0.1) is 0 Å². The maximum atomic E-state index is 12.5. The Bertz CT molecular complexity index is 855. The molecule has 0 fully saturated rings. The van der Waals surface area contributed by atoms with E-state index in [1.54, 1.807) is 24.3 Å². The number of thioether (sulfide) groups is 2. The highest BCUT2D eigenvalue weighted by molar-refractivity contribution is 8.00. The molecule has 0 radical (unpaired) electrons. The molecule has 0 unspecified atom stereocenters. The summed E-state index contributed by atoms with van der Waals surface area (Å²) >= 11 is 2.71. The monoisotopic (exact) mass is 373 g/mol. The van der Waals surface area contributed by atoms with Crippen molar-refractivity contribution < 1.29 is 14.4 Å². The fourth-order valence-electron chi connectivity index (χ4n) is 2.26. The summed E-state index contributed by atoms with van der Waals surface area (Å²) in [4.78, 5) is 36.7. The number of nitrogens with two attached hydrogens (primary N) is 1. The number of hydrogen-bond donors (Lipinski definition) is 3. The average Bonchev–Trinajstić information content (AvgIpc) is 2.60. The van der Waals surface area contributed by atoms with Crippen LogP contribution in [0.2, 0.25) is 0 Å². The Morgan fingerprint density at radius 1 is 1.24 bits per heavy atom. The molecular formula is C17H15N3O3S2. The molecule has 0 atom stereocenters. The molecule has 1 aliphatic heterocycles. The van der Waals surface area contributed by atoms with E-state index in [1.165, 1.54) is 23.5 Å². The highest BCUT2D eigenvalue weighted by Gasteiger charge is 2.18. The molecule has 3 rings (SSSR count). The zero-order valence-electron chi connectivity index (χ0n) is 13.1. The van der Waals surface area contributed by atoms with Gasteiger partial charge in [0.05, 0.1) is 22.9 Å². The van der Waals surface area contributed by atoms with Crippen LogP contribution in [0.25, 0.3) is 0 Å². The van der Waals surface area contributed by atoms with Gasteiger partial charge in [-0.25, -0.2) is 0 Å². The van der Waals surface area contributed by atoms with Crippen molar-refractivity contribution in [2.75, 3.05) is 22.1 Å². The number of para-hydroxylation sites is 1. The number of amides is 3. The van der Waals surface area contributed by atoms with Crippen molar-refractivity contribution in [3.63, 3.8) is 0 Å². The first kappa shape index (κ1) is 17.4. The molecule has 6 nitrogen and oxygen atoms in total. The number of primary amides is 1. The van der Waals surface area contributed by atoms with Crippen LogP contribution in [0.3, 0.4) is 0 Å². The Hall–Kier alpha value is -2.45. The van der Waals surface area contributed by atoms with E-state index in [0.29, 0.717) is 22.7 Å². The van der Waals surface area contributed by atoms with Gasteiger partial charge in [-0.15, -0.1) is 23.5 Å². The van der Waals surface area contributed by atoms with Gasteiger partial charge in [0.15, 0.2) is 0 Å². The van der Waals surface area contributed by atoms with Gasteiger partial charge in [0.1, 0.15) is 0 Å². The second kappa shape index (κ2) is 7.62. The van der Waals surface area contributed by atoms with Gasteiger partial charge < -0.3 is 16.4 Å². The minimum Gasteiger partial charge on any atom is -0.369 e. The molecule has 2 aromatic rings. The van der Waals surface area contributed by atoms with Gasteiger partial charge in [-0.3, -0.25) is 14.4 Å². The van der Waals surface area contributed by atoms with Gasteiger partial charge in [0.25, 0.3) is 5.91 Å². The van der Waals surface area contributed by atoms with Crippen molar-refractivity contribution in [1.29, 1.82) is 0 Å². The third kappa shape index (κ3) is 4.34. The fourth-order valence-corrected chi connectivity index (χ4v) is 3.80. The quantitative estimate of drug-likeness (QED) is 0.699. The Labute approximate surface area is 152 Å². The van der Waals surface area contributed by atoms with Gasteiger partial charge in [-0.1, -0.05) is 12.1 Å². The van der Waals surface area contributed by atoms with Crippen LogP contribution < -0.4 is 16.4 Å². The first-order chi connectivity index (χ1) is 12.0. The van der Waals surface area contributed by atoms with E-state index in [-0.39, 0.29) is 17.6 Å². The Balaban J connectivity index is 1.78. The zero-order chi connectivity index (χ0) is 17.8. The molecule has 0 saturated heterocycles. The molecule has 25 heavy (non-hydrogen) atoms. The molecule has 8 heteroatoms. The predicted octanol–water partition coefficient (Wildman–Crippen LogP) is 2.56. The first-order valence-corrected chi connectivity index (χ1v) is 9.38. The highest BCUT2D eigenvalue weighted by atomic mass is 32.2. The lowest BCUT2D eigenvalue weighted by atomic mass is 10.1. The van der Waals surface area contributed by atoms with Gasteiger partial charge in [0.2, 0.25) is 11.8 Å². The van der Waals surface area contributed by atoms with Crippen LogP contribution in [0.1, 0.15) is 10.4 Å². The minimum absolute atomic E-state index is 0.0803. The van der Waals surface area contributed by atoms with E-state index in [4.69, 9.17) is 5.73 Å². The van der Waals surface area contributed by atoms with Gasteiger partial charge in [-0.05, 0) is 30.3 Å². The molecule has 4 N–H and O–H groups in total. The third-order valence-corrected chi connectivity index (χ3v) is 5.55. The lowest BCUT2D eigenvalue weighted by molar-refractivity contribution is -0.115. The topological polar surface area (TPSA) is 101 Å². The van der Waals surface area contributed by atoms with E-state index in [1.807, 2.05) is 18.2 Å². The average molecular weight is 373 g/mol. The van der Waals surface area contributed by atoms with E-state index < -0.39 is 5.91 Å². The number of carbonyl (C=O) groups excluding carboxylic acids is 3. The van der Waals surface area contributed by atoms with Crippen LogP contribution in [0.15, 0.2) is 52.3 Å². The van der Waals surface area contributed by atoms with Gasteiger partial charge in [-0.2, -0.15) is 0 Å². The maximum absolute atomic E-state index is 12.5. The zero-order valence-corrected chi connectivity index (χ0v) is 14.7. The molecule has 128 valence electrons. The fraction of sp³-hybridized carbons (Fsp3) is 0.118. The number of fused-ring (bicyclic) bond motifs is 1. The van der Waals surface area contributed by atoms with Crippen molar-refractivity contribution >= 4 is 52.6 Å². The minimum atomic E-state index is -0.422. The van der Waals surface area contributed by atoms with Crippen LogP contribution in [0.5, 0.6) is 0 Å². The van der Waals surface area contributed by atoms with Crippen LogP contribution >= 0.6 is 23.5 Å². The van der Waals surface area contributed by atoms with Gasteiger partial charge >= 0.3 is 0 Å². The summed E-state index contributed by atoms with van der Waals surface area (Å²) < 4.78 is 0. The molecule has 2 aromatic carbocycles. The molecule has 0 spiro atoms. The normalized spacial score (nSPS) is 12.9. The molecule has 1 aliphatic rings. The van der Waals surface area contributed by atoms with Crippen molar-refractivity contribution in [3.05, 3.63) is 48.0 Å². The van der Waals surface area contributed by atoms with E-state index in [0.717, 1.165) is 9.79 Å². The van der Waals surface area contributed by atoms with E-state index in [2.05, 4.69) is 10.6 Å².